The van der Waals surface area contributed by atoms with Crippen molar-refractivity contribution in [1.82, 2.24) is 0 Å². The first-order valence-electron chi connectivity index (χ1n) is 13.6. The fraction of sp³-hybridized carbons (Fsp3) is 0.548. The van der Waals surface area contributed by atoms with Gasteiger partial charge in [-0.3, -0.25) is 0 Å². The molecule has 1 aliphatic heterocycles. The van der Waals surface area contributed by atoms with E-state index in [2.05, 4.69) is 53.0 Å². The molecule has 3 rings (SSSR count). The maximum absolute atomic E-state index is 10.8. The SMILES string of the molecule is CO[C@@]1(c2ccc(Cl)c(Cc3ccc(C#C[Si](C(C)C)(C(C)C)C(C)C)cc3)c2)OC(CO)[C@@H](O)[C@H](O)[C@H]1O. The van der Waals surface area contributed by atoms with Gasteiger partial charge in [0.15, 0.2) is 0 Å². The first-order chi connectivity index (χ1) is 18.3. The van der Waals surface area contributed by atoms with Gasteiger partial charge in [0.05, 0.1) is 6.61 Å². The molecule has 1 aliphatic rings. The molecule has 0 aliphatic carbocycles. The highest BCUT2D eigenvalue weighted by atomic mass is 35.5. The number of aliphatic hydroxyl groups excluding tert-OH is 4. The van der Waals surface area contributed by atoms with Crippen molar-refractivity contribution < 1.29 is 29.9 Å². The van der Waals surface area contributed by atoms with Crippen molar-refractivity contribution in [3.05, 3.63) is 69.7 Å². The highest BCUT2D eigenvalue weighted by Crippen LogP contribution is 2.42. The summed E-state index contributed by atoms with van der Waals surface area (Å²) in [7, 11) is -0.482. The van der Waals surface area contributed by atoms with E-state index in [1.165, 1.54) is 7.11 Å². The molecule has 6 nitrogen and oxygen atoms in total. The third-order valence-electron chi connectivity index (χ3n) is 8.34. The second kappa shape index (κ2) is 12.8. The van der Waals surface area contributed by atoms with Crippen molar-refractivity contribution >= 4 is 19.7 Å². The van der Waals surface area contributed by atoms with Crippen LogP contribution in [0, 0.1) is 11.5 Å². The van der Waals surface area contributed by atoms with Crippen LogP contribution in [-0.4, -0.2) is 66.6 Å². The van der Waals surface area contributed by atoms with Gasteiger partial charge in [-0.2, -0.15) is 0 Å². The number of aliphatic hydroxyl groups is 4. The molecule has 0 bridgehead atoms. The zero-order chi connectivity index (χ0) is 29.1. The lowest BCUT2D eigenvalue weighted by molar-refractivity contribution is -0.366. The Hall–Kier alpha value is -1.73. The van der Waals surface area contributed by atoms with Gasteiger partial charge in [-0.15, -0.1) is 5.54 Å². The highest BCUT2D eigenvalue weighted by Gasteiger charge is 2.55. The summed E-state index contributed by atoms with van der Waals surface area (Å²) in [4.78, 5) is 0. The van der Waals surface area contributed by atoms with Gasteiger partial charge in [0.1, 0.15) is 32.5 Å². The summed E-state index contributed by atoms with van der Waals surface area (Å²) in [6.45, 7) is 13.3. The molecule has 5 atom stereocenters. The van der Waals surface area contributed by atoms with E-state index in [-0.39, 0.29) is 0 Å². The van der Waals surface area contributed by atoms with E-state index in [0.717, 1.165) is 16.7 Å². The number of methoxy groups -OCH3 is 1. The van der Waals surface area contributed by atoms with Crippen LogP contribution in [0.15, 0.2) is 42.5 Å². The van der Waals surface area contributed by atoms with Gasteiger partial charge in [-0.05, 0) is 58.4 Å². The lowest BCUT2D eigenvalue weighted by atomic mass is 9.87. The third kappa shape index (κ3) is 6.14. The van der Waals surface area contributed by atoms with Gasteiger partial charge in [0.25, 0.3) is 0 Å². The van der Waals surface area contributed by atoms with Crippen LogP contribution in [0.1, 0.15) is 63.8 Å². The van der Waals surface area contributed by atoms with Crippen molar-refractivity contribution in [2.45, 2.75) is 94.8 Å². The summed E-state index contributed by atoms with van der Waals surface area (Å²) in [6, 6.07) is 13.2. The predicted octanol–water partition coefficient (Wildman–Crippen LogP) is 4.77. The molecule has 0 saturated carbocycles. The highest BCUT2D eigenvalue weighted by molar-refractivity contribution is 6.90. The molecule has 8 heteroatoms. The molecule has 2 aromatic rings. The number of benzene rings is 2. The first-order valence-corrected chi connectivity index (χ1v) is 16.2. The molecule has 0 amide bonds. The summed E-state index contributed by atoms with van der Waals surface area (Å²) >= 11 is 6.55. The summed E-state index contributed by atoms with van der Waals surface area (Å²) < 4.78 is 11.4. The van der Waals surface area contributed by atoms with Gasteiger partial charge in [-0.1, -0.05) is 77.3 Å². The molecule has 0 radical (unpaired) electrons. The Morgan fingerprint density at radius 2 is 1.54 bits per heavy atom. The van der Waals surface area contributed by atoms with Crippen LogP contribution < -0.4 is 0 Å². The lowest BCUT2D eigenvalue weighted by Gasteiger charge is -2.47. The fourth-order valence-corrected chi connectivity index (χ4v) is 11.5. The van der Waals surface area contributed by atoms with Crippen LogP contribution >= 0.6 is 11.6 Å². The zero-order valence-corrected chi connectivity index (χ0v) is 25.7. The molecule has 0 aromatic heterocycles. The molecule has 0 spiro atoms. The van der Waals surface area contributed by atoms with E-state index in [4.69, 9.17) is 21.1 Å². The number of rotatable bonds is 8. The lowest BCUT2D eigenvalue weighted by Crippen LogP contribution is -2.64. The summed E-state index contributed by atoms with van der Waals surface area (Å²) in [5.41, 5.74) is 8.66. The Morgan fingerprint density at radius 3 is 2.05 bits per heavy atom. The van der Waals surface area contributed by atoms with Crippen molar-refractivity contribution in [3.8, 4) is 11.5 Å². The Morgan fingerprint density at radius 1 is 0.949 bits per heavy atom. The van der Waals surface area contributed by atoms with Crippen LogP contribution in [0.2, 0.25) is 21.6 Å². The van der Waals surface area contributed by atoms with Crippen LogP contribution in [0.5, 0.6) is 0 Å². The number of ether oxygens (including phenoxy) is 2. The largest absolute Gasteiger partial charge is 0.394 e. The van der Waals surface area contributed by atoms with Crippen LogP contribution in [0.3, 0.4) is 0 Å². The van der Waals surface area contributed by atoms with Gasteiger partial charge >= 0.3 is 0 Å². The van der Waals surface area contributed by atoms with E-state index < -0.39 is 44.9 Å². The predicted molar refractivity (Wildman–Crippen MR) is 157 cm³/mol. The van der Waals surface area contributed by atoms with Gasteiger partial charge in [0, 0.05) is 23.3 Å². The molecule has 2 aromatic carbocycles. The average Bonchev–Trinajstić information content (AvgIpc) is 2.90. The van der Waals surface area contributed by atoms with E-state index in [1.807, 2.05) is 24.3 Å². The second-order valence-electron chi connectivity index (χ2n) is 11.5. The molecule has 39 heavy (non-hydrogen) atoms. The maximum Gasteiger partial charge on any atom is 0.224 e. The Bertz CT molecular complexity index is 1150. The van der Waals surface area contributed by atoms with Crippen LogP contribution in [0.25, 0.3) is 0 Å². The number of hydrogen-bond donors (Lipinski definition) is 4. The van der Waals surface area contributed by atoms with Crippen molar-refractivity contribution in [2.24, 2.45) is 0 Å². The quantitative estimate of drug-likeness (QED) is 0.268. The standard InChI is InChI=1S/C31H43ClO6Si/c1-19(2)39(20(3)4,21(5)6)15-14-22-8-10-23(11-9-22)16-24-17-25(12-13-26(24)32)31(37-7)30(36)29(35)28(34)27(18-33)38-31/h8-13,17,19-21,27-30,33-36H,16,18H2,1-7H3/t27?,28-,29+,30-,31+/m1/s1. The Balaban J connectivity index is 1.90. The van der Waals surface area contributed by atoms with Crippen molar-refractivity contribution in [3.63, 3.8) is 0 Å². The van der Waals surface area contributed by atoms with E-state index in [1.54, 1.807) is 18.2 Å². The normalized spacial score (nSPS) is 25.7. The minimum Gasteiger partial charge on any atom is -0.394 e. The summed E-state index contributed by atoms with van der Waals surface area (Å²) in [5.74, 6) is 1.69. The van der Waals surface area contributed by atoms with E-state index >= 15 is 0 Å². The first kappa shape index (κ1) is 31.8. The molecule has 1 heterocycles. The monoisotopic (exact) mass is 574 g/mol. The summed E-state index contributed by atoms with van der Waals surface area (Å²) in [5, 5.41) is 41.6. The van der Waals surface area contributed by atoms with Gasteiger partial charge < -0.3 is 29.9 Å². The molecule has 4 N–H and O–H groups in total. The molecule has 214 valence electrons. The van der Waals surface area contributed by atoms with Gasteiger partial charge in [-0.25, -0.2) is 0 Å². The minimum atomic E-state index is -1.82. The fourth-order valence-electron chi connectivity index (χ4n) is 6.13. The number of hydrogen-bond acceptors (Lipinski definition) is 6. The maximum atomic E-state index is 10.8. The molecule has 1 fully saturated rings. The topological polar surface area (TPSA) is 99.4 Å². The van der Waals surface area contributed by atoms with Crippen molar-refractivity contribution in [1.29, 1.82) is 0 Å². The third-order valence-corrected chi connectivity index (χ3v) is 15.0. The van der Waals surface area contributed by atoms with E-state index in [9.17, 15) is 20.4 Å². The smallest absolute Gasteiger partial charge is 0.224 e. The average molecular weight is 575 g/mol. The second-order valence-corrected chi connectivity index (χ2v) is 17.5. The van der Waals surface area contributed by atoms with Crippen molar-refractivity contribution in [2.75, 3.05) is 13.7 Å². The zero-order valence-electron chi connectivity index (χ0n) is 24.0. The Labute approximate surface area is 239 Å². The molecule has 1 saturated heterocycles. The van der Waals surface area contributed by atoms with E-state index in [0.29, 0.717) is 33.6 Å². The molecular formula is C31H43ClO6Si. The molecular weight excluding hydrogens is 532 g/mol. The van der Waals surface area contributed by atoms with Crippen LogP contribution in [-0.2, 0) is 21.7 Å². The van der Waals surface area contributed by atoms with Gasteiger partial charge in [0.2, 0.25) is 5.79 Å². The molecule has 1 unspecified atom stereocenters. The Kier molecular flexibility index (Phi) is 10.5. The van der Waals surface area contributed by atoms with Crippen LogP contribution in [0.4, 0.5) is 0 Å². The summed E-state index contributed by atoms with van der Waals surface area (Å²) in [6.07, 6.45) is -5.26. The number of halogens is 1. The minimum absolute atomic E-state index is 0.418.